The van der Waals surface area contributed by atoms with Crippen molar-refractivity contribution in [1.29, 1.82) is 0 Å². The van der Waals surface area contributed by atoms with Crippen LogP contribution in [-0.2, 0) is 6.54 Å². The minimum absolute atomic E-state index is 0.227. The lowest BCUT2D eigenvalue weighted by atomic mass is 10.2. The highest BCUT2D eigenvalue weighted by Gasteiger charge is 2.13. The van der Waals surface area contributed by atoms with Gasteiger partial charge in [-0.15, -0.1) is 11.3 Å². The zero-order chi connectivity index (χ0) is 15.0. The molecule has 0 saturated heterocycles. The van der Waals surface area contributed by atoms with Crippen LogP contribution in [0.2, 0.25) is 5.28 Å². The van der Waals surface area contributed by atoms with Crippen LogP contribution in [0.5, 0.6) is 0 Å². The number of halogens is 2. The van der Waals surface area contributed by atoms with Crippen molar-refractivity contribution in [3.05, 3.63) is 51.9 Å². The topological polar surface area (TPSA) is 29.0 Å². The fourth-order valence-corrected chi connectivity index (χ4v) is 3.37. The summed E-state index contributed by atoms with van der Waals surface area (Å²) >= 11 is 7.59. The van der Waals surface area contributed by atoms with Gasteiger partial charge < -0.3 is 4.90 Å². The van der Waals surface area contributed by atoms with E-state index in [0.29, 0.717) is 6.54 Å². The Balaban J connectivity index is 1.99. The number of benzene rings is 1. The Morgan fingerprint density at radius 1 is 1.29 bits per heavy atom. The van der Waals surface area contributed by atoms with Crippen LogP contribution in [0, 0.1) is 12.7 Å². The number of nitrogens with zero attached hydrogens (tertiary/aromatic N) is 3. The fourth-order valence-electron chi connectivity index (χ4n) is 2.28. The van der Waals surface area contributed by atoms with Crippen LogP contribution >= 0.6 is 22.9 Å². The molecule has 0 radical (unpaired) electrons. The Labute approximate surface area is 131 Å². The van der Waals surface area contributed by atoms with Crippen LogP contribution in [0.15, 0.2) is 30.3 Å². The van der Waals surface area contributed by atoms with Gasteiger partial charge in [0.05, 0.1) is 5.39 Å². The first kappa shape index (κ1) is 14.2. The first-order valence-corrected chi connectivity index (χ1v) is 7.61. The number of hydrogen-bond donors (Lipinski definition) is 0. The maximum absolute atomic E-state index is 13.3. The van der Waals surface area contributed by atoms with E-state index in [4.69, 9.17) is 11.6 Å². The molecule has 1 aromatic carbocycles. The molecule has 21 heavy (non-hydrogen) atoms. The third kappa shape index (κ3) is 2.99. The zero-order valence-corrected chi connectivity index (χ0v) is 13.2. The molecule has 6 heteroatoms. The van der Waals surface area contributed by atoms with E-state index in [-0.39, 0.29) is 11.1 Å². The number of fused-ring (bicyclic) bond motifs is 1. The standard InChI is InChI=1S/C15H13ClFN3S/c1-9-6-12-13(18-15(16)19-14(12)21-9)20(2)8-10-4-3-5-11(17)7-10/h3-7H,8H2,1-2H3. The van der Waals surface area contributed by atoms with Crippen molar-refractivity contribution in [3.63, 3.8) is 0 Å². The molecule has 0 unspecified atom stereocenters. The van der Waals surface area contributed by atoms with Crippen LogP contribution in [-0.4, -0.2) is 17.0 Å². The largest absolute Gasteiger partial charge is 0.355 e. The van der Waals surface area contributed by atoms with Crippen LogP contribution in [0.1, 0.15) is 10.4 Å². The molecule has 2 aromatic heterocycles. The predicted octanol–water partition coefficient (Wildman–Crippen LogP) is 4.43. The van der Waals surface area contributed by atoms with Gasteiger partial charge in [-0.25, -0.2) is 9.37 Å². The molecule has 0 aliphatic heterocycles. The van der Waals surface area contributed by atoms with E-state index in [2.05, 4.69) is 9.97 Å². The molecule has 108 valence electrons. The molecule has 2 heterocycles. The molecular formula is C15H13ClFN3S. The Kier molecular flexibility index (Phi) is 3.78. The quantitative estimate of drug-likeness (QED) is 0.668. The summed E-state index contributed by atoms with van der Waals surface area (Å²) in [6.07, 6.45) is 0. The van der Waals surface area contributed by atoms with E-state index >= 15 is 0 Å². The summed E-state index contributed by atoms with van der Waals surface area (Å²) in [6, 6.07) is 8.60. The van der Waals surface area contributed by atoms with Crippen molar-refractivity contribution in [2.45, 2.75) is 13.5 Å². The van der Waals surface area contributed by atoms with Crippen molar-refractivity contribution >= 4 is 39.0 Å². The van der Waals surface area contributed by atoms with Gasteiger partial charge in [-0.2, -0.15) is 4.98 Å². The molecule has 0 fully saturated rings. The van der Waals surface area contributed by atoms with E-state index in [1.165, 1.54) is 12.1 Å². The summed E-state index contributed by atoms with van der Waals surface area (Å²) in [5, 5.41) is 1.20. The van der Waals surface area contributed by atoms with Crippen molar-refractivity contribution in [3.8, 4) is 0 Å². The second-order valence-electron chi connectivity index (χ2n) is 4.88. The minimum atomic E-state index is -0.238. The molecule has 0 N–H and O–H groups in total. The molecule has 0 aliphatic rings. The van der Waals surface area contributed by atoms with Crippen LogP contribution < -0.4 is 4.90 Å². The van der Waals surface area contributed by atoms with Gasteiger partial charge in [0.1, 0.15) is 16.5 Å². The minimum Gasteiger partial charge on any atom is -0.355 e. The van der Waals surface area contributed by atoms with E-state index in [0.717, 1.165) is 26.5 Å². The van der Waals surface area contributed by atoms with Gasteiger partial charge >= 0.3 is 0 Å². The van der Waals surface area contributed by atoms with Gasteiger partial charge in [0.15, 0.2) is 0 Å². The Bertz CT molecular complexity index is 803. The summed E-state index contributed by atoms with van der Waals surface area (Å²) in [4.78, 5) is 12.6. The lowest BCUT2D eigenvalue weighted by molar-refractivity contribution is 0.625. The highest BCUT2D eigenvalue weighted by atomic mass is 35.5. The van der Waals surface area contributed by atoms with E-state index in [9.17, 15) is 4.39 Å². The first-order valence-electron chi connectivity index (χ1n) is 6.42. The Morgan fingerprint density at radius 2 is 2.10 bits per heavy atom. The van der Waals surface area contributed by atoms with E-state index in [1.807, 2.05) is 31.0 Å². The lowest BCUT2D eigenvalue weighted by Gasteiger charge is -2.19. The molecule has 0 aliphatic carbocycles. The molecule has 0 atom stereocenters. The molecule has 0 amide bonds. The van der Waals surface area contributed by atoms with E-state index < -0.39 is 0 Å². The molecule has 3 nitrogen and oxygen atoms in total. The normalized spacial score (nSPS) is 11.0. The molecule has 0 bridgehead atoms. The molecule has 0 saturated carbocycles. The summed E-state index contributed by atoms with van der Waals surface area (Å²) in [5.74, 6) is 0.525. The highest BCUT2D eigenvalue weighted by Crippen LogP contribution is 2.31. The number of rotatable bonds is 3. The van der Waals surface area contributed by atoms with Crippen LogP contribution in [0.4, 0.5) is 10.2 Å². The maximum atomic E-state index is 13.3. The SMILES string of the molecule is Cc1cc2c(N(C)Cc3cccc(F)c3)nc(Cl)nc2s1. The van der Waals surface area contributed by atoms with Gasteiger partial charge in [0, 0.05) is 18.5 Å². The van der Waals surface area contributed by atoms with Gasteiger partial charge in [0.25, 0.3) is 0 Å². The number of aromatic nitrogens is 2. The van der Waals surface area contributed by atoms with Gasteiger partial charge in [-0.3, -0.25) is 0 Å². The zero-order valence-electron chi connectivity index (χ0n) is 11.6. The van der Waals surface area contributed by atoms with E-state index in [1.54, 1.807) is 17.4 Å². The first-order chi connectivity index (χ1) is 10.0. The summed E-state index contributed by atoms with van der Waals surface area (Å²) in [6.45, 7) is 2.58. The smallest absolute Gasteiger partial charge is 0.225 e. The van der Waals surface area contributed by atoms with Gasteiger partial charge in [0.2, 0.25) is 5.28 Å². The Morgan fingerprint density at radius 3 is 2.86 bits per heavy atom. The third-order valence-corrected chi connectivity index (χ3v) is 4.25. The average Bonchev–Trinajstić information content (AvgIpc) is 2.77. The average molecular weight is 322 g/mol. The van der Waals surface area contributed by atoms with Crippen molar-refractivity contribution in [2.75, 3.05) is 11.9 Å². The summed E-state index contributed by atoms with van der Waals surface area (Å²) in [7, 11) is 1.91. The monoisotopic (exact) mass is 321 g/mol. The summed E-state index contributed by atoms with van der Waals surface area (Å²) < 4.78 is 13.3. The number of aryl methyl sites for hydroxylation is 1. The van der Waals surface area contributed by atoms with Gasteiger partial charge in [-0.05, 0) is 42.3 Å². The number of thiophene rings is 1. The molecule has 0 spiro atoms. The Hall–Kier alpha value is -1.72. The second-order valence-corrected chi connectivity index (χ2v) is 6.45. The van der Waals surface area contributed by atoms with Crippen molar-refractivity contribution in [2.24, 2.45) is 0 Å². The number of hydrogen-bond acceptors (Lipinski definition) is 4. The number of anilines is 1. The third-order valence-electron chi connectivity index (χ3n) is 3.14. The van der Waals surface area contributed by atoms with Gasteiger partial charge in [-0.1, -0.05) is 12.1 Å². The summed E-state index contributed by atoms with van der Waals surface area (Å²) in [5.41, 5.74) is 0.882. The molecule has 3 aromatic rings. The molecular weight excluding hydrogens is 309 g/mol. The maximum Gasteiger partial charge on any atom is 0.225 e. The lowest BCUT2D eigenvalue weighted by Crippen LogP contribution is -2.18. The molecule has 3 rings (SSSR count). The fraction of sp³-hybridized carbons (Fsp3) is 0.200. The highest BCUT2D eigenvalue weighted by molar-refractivity contribution is 7.18. The predicted molar refractivity (Wildman–Crippen MR) is 85.7 cm³/mol. The van der Waals surface area contributed by atoms with Crippen LogP contribution in [0.3, 0.4) is 0 Å². The van der Waals surface area contributed by atoms with Crippen LogP contribution in [0.25, 0.3) is 10.2 Å². The van der Waals surface area contributed by atoms with Crippen molar-refractivity contribution < 1.29 is 4.39 Å². The second kappa shape index (κ2) is 5.58. The van der Waals surface area contributed by atoms with Crippen molar-refractivity contribution in [1.82, 2.24) is 9.97 Å².